The molecule has 0 nitrogen and oxygen atoms in total. The molecule has 0 N–H and O–H groups in total. The maximum atomic E-state index is 9.87. The van der Waals surface area contributed by atoms with Gasteiger partial charge < -0.3 is 0 Å². The Morgan fingerprint density at radius 2 is 0.667 bits per heavy atom. The Hall–Kier alpha value is 1.09. The molecule has 0 aromatic carbocycles. The largest absolute Gasteiger partial charge is 0.153 e. The smallest absolute Gasteiger partial charge is 0 e. The molecule has 0 heterocycles. The Balaban J connectivity index is -0.000000180. The summed E-state index contributed by atoms with van der Waals surface area (Å²) in [7, 11) is -10.7. The molecule has 0 rings (SSSR count). The van der Waals surface area contributed by atoms with E-state index in [1.165, 1.54) is 0 Å². The molecule has 65 valence electrons. The molecule has 0 fully saturated rings. The molecule has 0 aliphatic heterocycles. The predicted molar refractivity (Wildman–Crippen MR) is 24.7 cm³/mol. The molecule has 0 saturated heterocycles. The average Bonchev–Trinajstić information content (AvgIpc) is 0.592. The Kier molecular flexibility index (Phi) is 4.23. The summed E-state index contributed by atoms with van der Waals surface area (Å²) in [5, 5.41) is 0. The average molecular weight is 371 g/mol. The van der Waals surface area contributed by atoms with Crippen molar-refractivity contribution in [3.8, 4) is 0 Å². The van der Waals surface area contributed by atoms with Crippen LogP contribution in [-0.2, 0) is 20.1 Å². The Morgan fingerprint density at radius 1 is 0.667 bits per heavy atom. The SMILES string of the molecule is F[P-](F)(F)(F)(F)F.P.[Ir]. The van der Waals surface area contributed by atoms with E-state index in [2.05, 4.69) is 0 Å². The van der Waals surface area contributed by atoms with Gasteiger partial charge in [-0.25, -0.2) is 0 Å². The van der Waals surface area contributed by atoms with Crippen molar-refractivity contribution in [3.63, 3.8) is 0 Å². The maximum Gasteiger partial charge on any atom is 0 e. The number of hydrogen-bond donors (Lipinski definition) is 0. The van der Waals surface area contributed by atoms with Crippen molar-refractivity contribution in [2.24, 2.45) is 0 Å². The van der Waals surface area contributed by atoms with Crippen LogP contribution in [0.4, 0.5) is 25.2 Å². The van der Waals surface area contributed by atoms with Crippen molar-refractivity contribution in [2.75, 3.05) is 0 Å². The number of rotatable bonds is 0. The predicted octanol–water partition coefficient (Wildman–Crippen LogP) is 3.44. The van der Waals surface area contributed by atoms with Crippen LogP contribution in [0.15, 0.2) is 0 Å². The van der Waals surface area contributed by atoms with E-state index in [1.54, 1.807) is 0 Å². The number of hydrogen-bond acceptors (Lipinski definition) is 0. The molecule has 0 amide bonds. The summed E-state index contributed by atoms with van der Waals surface area (Å²) in [4.78, 5) is 0. The van der Waals surface area contributed by atoms with Crippen LogP contribution in [-0.4, -0.2) is 0 Å². The molecule has 9 heavy (non-hydrogen) atoms. The molecule has 0 aromatic heterocycles. The summed E-state index contributed by atoms with van der Waals surface area (Å²) in [6.07, 6.45) is 0. The molecule has 1 atom stereocenters. The van der Waals surface area contributed by atoms with E-state index in [0.717, 1.165) is 0 Å². The van der Waals surface area contributed by atoms with Gasteiger partial charge in [-0.1, -0.05) is 0 Å². The zero-order chi connectivity index (χ0) is 6.41. The van der Waals surface area contributed by atoms with Crippen LogP contribution in [0.2, 0.25) is 0 Å². The second-order valence-corrected chi connectivity index (χ2v) is 2.87. The van der Waals surface area contributed by atoms with Crippen LogP contribution in [0, 0.1) is 0 Å². The summed E-state index contributed by atoms with van der Waals surface area (Å²) in [6.45, 7) is 0. The first kappa shape index (κ1) is 16.6. The van der Waals surface area contributed by atoms with Crippen LogP contribution >= 0.6 is 17.7 Å². The Labute approximate surface area is 63.6 Å². The Bertz CT molecular complexity index is 69.6. The first-order valence-electron chi connectivity index (χ1n) is 1.01. The Morgan fingerprint density at radius 3 is 0.667 bits per heavy atom. The van der Waals surface area contributed by atoms with Crippen molar-refractivity contribution in [2.45, 2.75) is 0 Å². The van der Waals surface area contributed by atoms with E-state index in [-0.39, 0.29) is 30.0 Å². The topological polar surface area (TPSA) is 0 Å². The van der Waals surface area contributed by atoms with Crippen LogP contribution in [0.5, 0.6) is 0 Å². The summed E-state index contributed by atoms with van der Waals surface area (Å²) < 4.78 is 59.2. The van der Waals surface area contributed by atoms with Gasteiger partial charge in [0.15, 0.2) is 0 Å². The molecule has 1 radical (unpaired) electrons. The molecule has 0 spiro atoms. The molecule has 9 heteroatoms. The molecule has 0 bridgehead atoms. The molecule has 0 saturated carbocycles. The summed E-state index contributed by atoms with van der Waals surface area (Å²) in [5.74, 6) is 0. The van der Waals surface area contributed by atoms with Crippen LogP contribution in [0.3, 0.4) is 0 Å². The van der Waals surface area contributed by atoms with Gasteiger partial charge in [0.05, 0.1) is 0 Å². The zero-order valence-corrected chi connectivity index (χ0v) is 8.46. The van der Waals surface area contributed by atoms with Gasteiger partial charge in [0.1, 0.15) is 0 Å². The van der Waals surface area contributed by atoms with Crippen molar-refractivity contribution < 1.29 is 45.3 Å². The summed E-state index contributed by atoms with van der Waals surface area (Å²) in [5.41, 5.74) is 0. The third-order valence-electron chi connectivity index (χ3n) is 0. The fraction of sp³-hybridized carbons (Fsp3) is 0. The van der Waals surface area contributed by atoms with Gasteiger partial charge >= 0.3 is 33.0 Å². The minimum atomic E-state index is -10.7. The van der Waals surface area contributed by atoms with Crippen molar-refractivity contribution in [3.05, 3.63) is 0 Å². The van der Waals surface area contributed by atoms with Gasteiger partial charge in [0, 0.05) is 20.1 Å². The second kappa shape index (κ2) is 2.30. The quantitative estimate of drug-likeness (QED) is 0.452. The van der Waals surface area contributed by atoms with Gasteiger partial charge in [-0.15, -0.1) is 0 Å². The summed E-state index contributed by atoms with van der Waals surface area (Å²) in [6, 6.07) is 0. The molecule has 0 aliphatic rings. The van der Waals surface area contributed by atoms with Crippen molar-refractivity contribution >= 4 is 17.7 Å². The molecule has 0 aliphatic carbocycles. The third kappa shape index (κ3) is 385. The van der Waals surface area contributed by atoms with Crippen molar-refractivity contribution in [1.82, 2.24) is 0 Å². The van der Waals surface area contributed by atoms with E-state index < -0.39 is 7.81 Å². The van der Waals surface area contributed by atoms with E-state index in [1.807, 2.05) is 0 Å². The van der Waals surface area contributed by atoms with E-state index >= 15 is 0 Å². The first-order valence-corrected chi connectivity index (χ1v) is 3.04. The van der Waals surface area contributed by atoms with Gasteiger partial charge in [-0.3, -0.25) is 0 Å². The standard InChI is InChI=1S/F6P.Ir.H3P/c1-7(2,3,4,5)6;;/h;;1H3/q-1;;. The minimum Gasteiger partial charge on any atom is -0.153 e. The maximum absolute atomic E-state index is 10.7. The first-order chi connectivity index (χ1) is 2.45. The van der Waals surface area contributed by atoms with Gasteiger partial charge in [0.2, 0.25) is 0 Å². The molecular formula is H3F6IrP2-. The van der Waals surface area contributed by atoms with Crippen LogP contribution in [0.1, 0.15) is 0 Å². The van der Waals surface area contributed by atoms with E-state index in [0.29, 0.717) is 0 Å². The summed E-state index contributed by atoms with van der Waals surface area (Å²) >= 11 is 0. The normalized spacial score (nSPS) is 18.0. The van der Waals surface area contributed by atoms with Gasteiger partial charge in [-0.2, -0.15) is 9.90 Å². The van der Waals surface area contributed by atoms with E-state index in [4.69, 9.17) is 0 Å². The second-order valence-electron chi connectivity index (χ2n) is 0.958. The number of halogens is 6. The fourth-order valence-electron chi connectivity index (χ4n) is 0. The monoisotopic (exact) mass is 372 g/mol. The molecule has 0 aromatic rings. The molecule has 1 unspecified atom stereocenters. The van der Waals surface area contributed by atoms with Gasteiger partial charge in [-0.05, 0) is 0 Å². The van der Waals surface area contributed by atoms with Gasteiger partial charge in [0.25, 0.3) is 0 Å². The van der Waals surface area contributed by atoms with Crippen molar-refractivity contribution in [1.29, 1.82) is 0 Å². The van der Waals surface area contributed by atoms with Crippen LogP contribution < -0.4 is 0 Å². The molecular weight excluding hydrogens is 368 g/mol. The third-order valence-corrected chi connectivity index (χ3v) is 0. The minimum absolute atomic E-state index is 0. The zero-order valence-electron chi connectivity index (χ0n) is 3.76. The fourth-order valence-corrected chi connectivity index (χ4v) is 0. The van der Waals surface area contributed by atoms with E-state index in [9.17, 15) is 25.2 Å². The van der Waals surface area contributed by atoms with Crippen LogP contribution in [0.25, 0.3) is 0 Å².